The first-order valence-corrected chi connectivity index (χ1v) is 2.97. The molecule has 0 aromatic carbocycles. The monoisotopic (exact) mass is 164 g/mol. The number of hydrogen-bond acceptors (Lipinski definition) is 4. The normalized spacial score (nSPS) is 8.92. The number of aromatic hydroxyl groups is 1. The highest BCUT2D eigenvalue weighted by Gasteiger charge is 2.07. The topological polar surface area (TPSA) is 94.2 Å². The van der Waals surface area contributed by atoms with Crippen LogP contribution < -0.4 is 0 Å². The maximum Gasteiger partial charge on any atom is 0.337 e. The number of aromatic carboxylic acids is 1. The van der Waals surface area contributed by atoms with Crippen molar-refractivity contribution in [1.82, 2.24) is 4.98 Å². The van der Waals surface area contributed by atoms with Gasteiger partial charge in [0.25, 0.3) is 0 Å². The molecule has 0 radical (unpaired) electrons. The highest BCUT2D eigenvalue weighted by Crippen LogP contribution is 2.14. The van der Waals surface area contributed by atoms with Crippen LogP contribution in [0.3, 0.4) is 0 Å². The van der Waals surface area contributed by atoms with E-state index in [1.54, 1.807) is 6.07 Å². The summed E-state index contributed by atoms with van der Waals surface area (Å²) >= 11 is 0. The first kappa shape index (κ1) is 8.01. The lowest BCUT2D eigenvalue weighted by molar-refractivity contribution is 0.0696. The summed E-state index contributed by atoms with van der Waals surface area (Å²) in [6, 6.07) is 2.59. The molecule has 0 aliphatic rings. The van der Waals surface area contributed by atoms with Gasteiger partial charge in [0.1, 0.15) is 6.07 Å². The van der Waals surface area contributed by atoms with Crippen molar-refractivity contribution >= 4 is 5.97 Å². The molecular weight excluding hydrogens is 160 g/mol. The second kappa shape index (κ2) is 2.88. The number of nitriles is 1. The number of rotatable bonds is 1. The Hall–Kier alpha value is -2.09. The van der Waals surface area contributed by atoms with Gasteiger partial charge in [-0.1, -0.05) is 0 Å². The predicted octanol–water partition coefficient (Wildman–Crippen LogP) is 0.357. The highest BCUT2D eigenvalue weighted by atomic mass is 16.4. The van der Waals surface area contributed by atoms with Gasteiger partial charge in [-0.25, -0.2) is 9.78 Å². The van der Waals surface area contributed by atoms with Crippen molar-refractivity contribution in [1.29, 1.82) is 5.26 Å². The van der Waals surface area contributed by atoms with Crippen LogP contribution in [-0.2, 0) is 0 Å². The van der Waals surface area contributed by atoms with Crippen LogP contribution >= 0.6 is 0 Å². The van der Waals surface area contributed by atoms with Crippen molar-refractivity contribution in [2.45, 2.75) is 0 Å². The van der Waals surface area contributed by atoms with Gasteiger partial charge in [0, 0.05) is 6.20 Å². The summed E-state index contributed by atoms with van der Waals surface area (Å²) < 4.78 is 0. The number of pyridine rings is 1. The van der Waals surface area contributed by atoms with Crippen LogP contribution in [0.25, 0.3) is 0 Å². The van der Waals surface area contributed by atoms with Gasteiger partial charge < -0.3 is 10.2 Å². The first-order valence-electron chi connectivity index (χ1n) is 2.97. The van der Waals surface area contributed by atoms with Gasteiger partial charge in [0.2, 0.25) is 0 Å². The smallest absolute Gasteiger partial charge is 0.337 e. The minimum Gasteiger partial charge on any atom is -0.505 e. The largest absolute Gasteiger partial charge is 0.505 e. The van der Waals surface area contributed by atoms with E-state index in [0.717, 1.165) is 12.3 Å². The Balaban J connectivity index is 3.21. The molecule has 12 heavy (non-hydrogen) atoms. The molecule has 1 aromatic heterocycles. The predicted molar refractivity (Wildman–Crippen MR) is 37.6 cm³/mol. The zero-order valence-electron chi connectivity index (χ0n) is 5.85. The van der Waals surface area contributed by atoms with Crippen molar-refractivity contribution in [3.63, 3.8) is 0 Å². The van der Waals surface area contributed by atoms with E-state index in [-0.39, 0.29) is 11.3 Å². The van der Waals surface area contributed by atoms with Gasteiger partial charge in [-0.05, 0) is 6.07 Å². The molecule has 0 aliphatic heterocycles. The van der Waals surface area contributed by atoms with Crippen LogP contribution in [0.1, 0.15) is 16.1 Å². The molecule has 0 atom stereocenters. The summed E-state index contributed by atoms with van der Waals surface area (Å²) in [7, 11) is 0. The van der Waals surface area contributed by atoms with Gasteiger partial charge in [0.05, 0.1) is 5.56 Å². The number of carboxylic acid groups (broad SMARTS) is 1. The summed E-state index contributed by atoms with van der Waals surface area (Å²) in [5.74, 6) is -1.61. The molecule has 1 rings (SSSR count). The minimum atomic E-state index is -1.19. The molecule has 0 bridgehead atoms. The maximum absolute atomic E-state index is 10.3. The molecule has 60 valence electrons. The Bertz CT molecular complexity index is 367. The fourth-order valence-electron chi connectivity index (χ4n) is 0.656. The van der Waals surface area contributed by atoms with Gasteiger partial charge in [0.15, 0.2) is 11.4 Å². The van der Waals surface area contributed by atoms with Crippen molar-refractivity contribution < 1.29 is 15.0 Å². The molecule has 0 spiro atoms. The lowest BCUT2D eigenvalue weighted by Crippen LogP contribution is -1.97. The van der Waals surface area contributed by atoms with Crippen LogP contribution in [0.15, 0.2) is 12.3 Å². The fraction of sp³-hybridized carbons (Fsp3) is 0. The molecule has 0 saturated carbocycles. The van der Waals surface area contributed by atoms with Gasteiger partial charge in [-0.15, -0.1) is 0 Å². The average molecular weight is 164 g/mol. The summed E-state index contributed by atoms with van der Waals surface area (Å²) in [6.07, 6.45) is 1.01. The van der Waals surface area contributed by atoms with E-state index in [1.165, 1.54) is 0 Å². The molecule has 1 heterocycles. The Morgan fingerprint density at radius 2 is 2.33 bits per heavy atom. The maximum atomic E-state index is 10.3. The van der Waals surface area contributed by atoms with Gasteiger partial charge in [-0.3, -0.25) is 0 Å². The zero-order valence-corrected chi connectivity index (χ0v) is 5.85. The summed E-state index contributed by atoms with van der Waals surface area (Å²) in [6.45, 7) is 0. The molecular formula is C7H4N2O3. The number of carbonyl (C=O) groups is 1. The highest BCUT2D eigenvalue weighted by molar-refractivity contribution is 5.87. The number of hydrogen-bond donors (Lipinski definition) is 2. The quantitative estimate of drug-likeness (QED) is 0.624. The van der Waals surface area contributed by atoms with E-state index in [2.05, 4.69) is 4.98 Å². The molecule has 0 saturated heterocycles. The molecule has 5 heteroatoms. The lowest BCUT2D eigenvalue weighted by Gasteiger charge is -1.95. The Morgan fingerprint density at radius 3 is 2.75 bits per heavy atom. The number of aromatic nitrogens is 1. The molecule has 0 unspecified atom stereocenters. The van der Waals surface area contributed by atoms with Crippen molar-refractivity contribution in [2.75, 3.05) is 0 Å². The molecule has 0 fully saturated rings. The SMILES string of the molecule is N#Cc1ncc(C(=O)O)cc1O. The molecule has 5 nitrogen and oxygen atoms in total. The van der Waals surface area contributed by atoms with E-state index in [1.807, 2.05) is 0 Å². The van der Waals surface area contributed by atoms with E-state index >= 15 is 0 Å². The number of nitrogens with zero attached hydrogens (tertiary/aromatic N) is 2. The second-order valence-electron chi connectivity index (χ2n) is 2.01. The average Bonchev–Trinajstić information content (AvgIpc) is 2.04. The lowest BCUT2D eigenvalue weighted by atomic mass is 10.2. The Labute approximate surface area is 67.5 Å². The van der Waals surface area contributed by atoms with Crippen LogP contribution in [-0.4, -0.2) is 21.2 Å². The van der Waals surface area contributed by atoms with Crippen LogP contribution in [0, 0.1) is 11.3 Å². The third-order valence-electron chi connectivity index (χ3n) is 1.22. The Morgan fingerprint density at radius 1 is 1.67 bits per heavy atom. The zero-order chi connectivity index (χ0) is 9.14. The third kappa shape index (κ3) is 1.32. The second-order valence-corrected chi connectivity index (χ2v) is 2.01. The molecule has 0 aliphatic carbocycles. The summed E-state index contributed by atoms with van der Waals surface area (Å²) in [5, 5.41) is 25.8. The van der Waals surface area contributed by atoms with Crippen molar-refractivity contribution in [3.05, 3.63) is 23.5 Å². The summed E-state index contributed by atoms with van der Waals surface area (Å²) in [5.41, 5.74) is -0.327. The van der Waals surface area contributed by atoms with Gasteiger partial charge in [-0.2, -0.15) is 5.26 Å². The third-order valence-corrected chi connectivity index (χ3v) is 1.22. The van der Waals surface area contributed by atoms with Crippen molar-refractivity contribution in [3.8, 4) is 11.8 Å². The van der Waals surface area contributed by atoms with E-state index in [9.17, 15) is 4.79 Å². The van der Waals surface area contributed by atoms with Crippen LogP contribution in [0.4, 0.5) is 0 Å². The standard InChI is InChI=1S/C7H4N2O3/c8-2-5-6(10)1-4(3-9-5)7(11)12/h1,3,10H,(H,11,12). The van der Waals surface area contributed by atoms with Crippen LogP contribution in [0.5, 0.6) is 5.75 Å². The minimum absolute atomic E-state index is 0.147. The summed E-state index contributed by atoms with van der Waals surface area (Å²) in [4.78, 5) is 13.7. The molecule has 0 amide bonds. The molecule has 2 N–H and O–H groups in total. The van der Waals surface area contributed by atoms with Crippen LogP contribution in [0.2, 0.25) is 0 Å². The molecule has 1 aromatic rings. The fourth-order valence-corrected chi connectivity index (χ4v) is 0.656. The first-order chi connectivity index (χ1) is 5.65. The van der Waals surface area contributed by atoms with E-state index < -0.39 is 11.7 Å². The Kier molecular flexibility index (Phi) is 1.92. The van der Waals surface area contributed by atoms with Crippen molar-refractivity contribution in [2.24, 2.45) is 0 Å². The number of carboxylic acids is 1. The van der Waals surface area contributed by atoms with Gasteiger partial charge >= 0.3 is 5.97 Å². The van der Waals surface area contributed by atoms with E-state index in [0.29, 0.717) is 0 Å². The van der Waals surface area contributed by atoms with E-state index in [4.69, 9.17) is 15.5 Å².